The molecule has 0 saturated heterocycles. The average Bonchev–Trinajstić information content (AvgIpc) is 3.17. The molecule has 0 fully saturated rings. The fourth-order valence-corrected chi connectivity index (χ4v) is 3.74. The number of hydrogen-bond acceptors (Lipinski definition) is 4. The van der Waals surface area contributed by atoms with E-state index in [1.807, 2.05) is 43.3 Å². The van der Waals surface area contributed by atoms with Gasteiger partial charge in [-0.15, -0.1) is 0 Å². The molecule has 0 aliphatic heterocycles. The van der Waals surface area contributed by atoms with Gasteiger partial charge in [0.2, 0.25) is 5.89 Å². The van der Waals surface area contributed by atoms with E-state index >= 15 is 0 Å². The van der Waals surface area contributed by atoms with Crippen LogP contribution < -0.4 is 11.1 Å². The SMILES string of the molecule is Cc1c(Cl)cccc1CNC(=O)c1cc(N)cc(-c2nc3cc(C(C)(C)C)ccc3o2)c1. The summed E-state index contributed by atoms with van der Waals surface area (Å²) in [4.78, 5) is 17.5. The predicted octanol–water partition coefficient (Wildman–Crippen LogP) is 6.27. The van der Waals surface area contributed by atoms with Gasteiger partial charge in [0.25, 0.3) is 5.91 Å². The maximum Gasteiger partial charge on any atom is 0.251 e. The van der Waals surface area contributed by atoms with Gasteiger partial charge in [0.1, 0.15) is 5.52 Å². The first-order valence-corrected chi connectivity index (χ1v) is 10.8. The van der Waals surface area contributed by atoms with E-state index in [0.717, 1.165) is 16.6 Å². The maximum atomic E-state index is 12.8. The Morgan fingerprint density at radius 2 is 1.91 bits per heavy atom. The molecule has 0 unspecified atom stereocenters. The molecule has 1 aromatic heterocycles. The van der Waals surface area contributed by atoms with Crippen LogP contribution in [-0.2, 0) is 12.0 Å². The molecule has 3 aromatic carbocycles. The molecule has 4 rings (SSSR count). The number of nitrogens with zero attached hydrogens (tertiary/aromatic N) is 1. The second-order valence-electron chi connectivity index (χ2n) is 9.00. The van der Waals surface area contributed by atoms with Crippen molar-refractivity contribution in [3.63, 3.8) is 0 Å². The lowest BCUT2D eigenvalue weighted by Crippen LogP contribution is -2.23. The minimum Gasteiger partial charge on any atom is -0.436 e. The fraction of sp³-hybridized carbons (Fsp3) is 0.231. The normalized spacial score (nSPS) is 11.7. The zero-order valence-corrected chi connectivity index (χ0v) is 19.4. The Morgan fingerprint density at radius 3 is 2.66 bits per heavy atom. The Labute approximate surface area is 192 Å². The lowest BCUT2D eigenvalue weighted by Gasteiger charge is -2.18. The number of benzene rings is 3. The largest absolute Gasteiger partial charge is 0.436 e. The van der Waals surface area contributed by atoms with Crippen molar-refractivity contribution in [2.24, 2.45) is 0 Å². The van der Waals surface area contributed by atoms with E-state index in [1.165, 1.54) is 5.56 Å². The number of nitrogens with one attached hydrogen (secondary N) is 1. The van der Waals surface area contributed by atoms with Crippen molar-refractivity contribution in [2.75, 3.05) is 5.73 Å². The molecular weight excluding hydrogens is 422 g/mol. The average molecular weight is 448 g/mol. The lowest BCUT2D eigenvalue weighted by molar-refractivity contribution is 0.0951. The van der Waals surface area contributed by atoms with Crippen LogP contribution in [0.3, 0.4) is 0 Å². The van der Waals surface area contributed by atoms with Crippen LogP contribution in [0.25, 0.3) is 22.6 Å². The number of rotatable bonds is 4. The molecule has 4 aromatic rings. The minimum atomic E-state index is -0.232. The number of nitrogens with two attached hydrogens (primary N) is 1. The summed E-state index contributed by atoms with van der Waals surface area (Å²) in [6.45, 7) is 8.77. The molecule has 1 amide bonds. The highest BCUT2D eigenvalue weighted by Crippen LogP contribution is 2.30. The molecule has 1 heterocycles. The van der Waals surface area contributed by atoms with E-state index in [2.05, 4.69) is 31.1 Å². The Hall–Kier alpha value is -3.31. The third kappa shape index (κ3) is 4.48. The van der Waals surface area contributed by atoms with Gasteiger partial charge in [0, 0.05) is 28.4 Å². The highest BCUT2D eigenvalue weighted by Gasteiger charge is 2.17. The van der Waals surface area contributed by atoms with Crippen LogP contribution in [0.15, 0.2) is 59.0 Å². The molecule has 0 atom stereocenters. The van der Waals surface area contributed by atoms with Crippen LogP contribution in [0.4, 0.5) is 5.69 Å². The Bertz CT molecular complexity index is 1320. The molecule has 0 aliphatic rings. The first-order valence-electron chi connectivity index (χ1n) is 10.5. The number of amides is 1. The maximum absolute atomic E-state index is 12.8. The topological polar surface area (TPSA) is 81.2 Å². The van der Waals surface area contributed by atoms with E-state index in [1.54, 1.807) is 18.2 Å². The van der Waals surface area contributed by atoms with Gasteiger partial charge in [0.15, 0.2) is 5.58 Å². The van der Waals surface area contributed by atoms with Gasteiger partial charge in [-0.05, 0) is 65.4 Å². The molecule has 6 heteroatoms. The zero-order valence-electron chi connectivity index (χ0n) is 18.6. The van der Waals surface area contributed by atoms with Crippen LogP contribution in [-0.4, -0.2) is 10.9 Å². The van der Waals surface area contributed by atoms with Crippen LogP contribution in [0.5, 0.6) is 0 Å². The third-order valence-electron chi connectivity index (χ3n) is 5.54. The minimum absolute atomic E-state index is 0.0110. The summed E-state index contributed by atoms with van der Waals surface area (Å²) < 4.78 is 5.96. The van der Waals surface area contributed by atoms with E-state index in [-0.39, 0.29) is 11.3 Å². The number of fused-ring (bicyclic) bond motifs is 1. The van der Waals surface area contributed by atoms with E-state index in [4.69, 9.17) is 21.8 Å². The fourth-order valence-electron chi connectivity index (χ4n) is 3.54. The Kier molecular flexibility index (Phi) is 5.70. The molecule has 0 bridgehead atoms. The highest BCUT2D eigenvalue weighted by molar-refractivity contribution is 6.31. The van der Waals surface area contributed by atoms with Crippen LogP contribution in [0, 0.1) is 6.92 Å². The van der Waals surface area contributed by atoms with Crippen LogP contribution >= 0.6 is 11.6 Å². The quantitative estimate of drug-likeness (QED) is 0.361. The van der Waals surface area contributed by atoms with Gasteiger partial charge < -0.3 is 15.5 Å². The summed E-state index contributed by atoms with van der Waals surface area (Å²) in [5.41, 5.74) is 12.2. The summed E-state index contributed by atoms with van der Waals surface area (Å²) in [5, 5.41) is 3.61. The number of carbonyl (C=O) groups excluding carboxylic acids is 1. The van der Waals surface area contributed by atoms with Crippen molar-refractivity contribution < 1.29 is 9.21 Å². The van der Waals surface area contributed by atoms with Crippen molar-refractivity contribution in [3.8, 4) is 11.5 Å². The molecular formula is C26H26ClN3O2. The van der Waals surface area contributed by atoms with Gasteiger partial charge in [0.05, 0.1) is 0 Å². The number of halogens is 1. The van der Waals surface area contributed by atoms with Gasteiger partial charge in [-0.2, -0.15) is 0 Å². The molecule has 0 saturated carbocycles. The standard InChI is InChI=1S/C26H26ClN3O2/c1-15-16(6-5-7-21(15)27)14-29-24(31)17-10-18(12-20(28)11-17)25-30-22-13-19(26(2,3)4)8-9-23(22)32-25/h5-13H,14,28H2,1-4H3,(H,29,31). The summed E-state index contributed by atoms with van der Waals surface area (Å²) in [6.07, 6.45) is 0. The lowest BCUT2D eigenvalue weighted by atomic mass is 9.87. The van der Waals surface area contributed by atoms with Crippen molar-refractivity contribution in [1.82, 2.24) is 10.3 Å². The number of nitrogen functional groups attached to an aromatic ring is 1. The summed E-state index contributed by atoms with van der Waals surface area (Å²) in [6, 6.07) is 16.8. The van der Waals surface area contributed by atoms with Crippen molar-refractivity contribution in [2.45, 2.75) is 39.7 Å². The van der Waals surface area contributed by atoms with Crippen LogP contribution in [0.1, 0.15) is 47.8 Å². The monoisotopic (exact) mass is 447 g/mol. The second kappa shape index (κ2) is 8.32. The zero-order chi connectivity index (χ0) is 23.0. The molecule has 164 valence electrons. The van der Waals surface area contributed by atoms with Crippen molar-refractivity contribution in [3.05, 3.63) is 81.9 Å². The van der Waals surface area contributed by atoms with E-state index in [9.17, 15) is 4.79 Å². The molecule has 0 radical (unpaired) electrons. The van der Waals surface area contributed by atoms with Gasteiger partial charge in [-0.1, -0.05) is 50.6 Å². The van der Waals surface area contributed by atoms with Gasteiger partial charge in [-0.3, -0.25) is 4.79 Å². The van der Waals surface area contributed by atoms with E-state index in [0.29, 0.717) is 39.9 Å². The van der Waals surface area contributed by atoms with E-state index < -0.39 is 0 Å². The number of anilines is 1. The summed E-state index contributed by atoms with van der Waals surface area (Å²) >= 11 is 6.18. The molecule has 5 nitrogen and oxygen atoms in total. The van der Waals surface area contributed by atoms with Gasteiger partial charge in [-0.25, -0.2) is 4.98 Å². The second-order valence-corrected chi connectivity index (χ2v) is 9.41. The molecule has 32 heavy (non-hydrogen) atoms. The first kappa shape index (κ1) is 21.9. The number of hydrogen-bond donors (Lipinski definition) is 2. The van der Waals surface area contributed by atoms with Crippen molar-refractivity contribution in [1.29, 1.82) is 0 Å². The molecule has 0 spiro atoms. The number of aromatic nitrogens is 1. The Balaban J connectivity index is 1.61. The third-order valence-corrected chi connectivity index (χ3v) is 5.95. The number of carbonyl (C=O) groups is 1. The summed E-state index contributed by atoms with van der Waals surface area (Å²) in [5.74, 6) is 0.196. The van der Waals surface area contributed by atoms with Crippen molar-refractivity contribution >= 4 is 34.3 Å². The predicted molar refractivity (Wildman–Crippen MR) is 130 cm³/mol. The Morgan fingerprint density at radius 1 is 1.12 bits per heavy atom. The first-order chi connectivity index (χ1) is 15.1. The van der Waals surface area contributed by atoms with Crippen LogP contribution in [0.2, 0.25) is 5.02 Å². The highest BCUT2D eigenvalue weighted by atomic mass is 35.5. The molecule has 3 N–H and O–H groups in total. The van der Waals surface area contributed by atoms with Gasteiger partial charge >= 0.3 is 0 Å². The molecule has 0 aliphatic carbocycles. The smallest absolute Gasteiger partial charge is 0.251 e. The number of oxazole rings is 1. The summed E-state index contributed by atoms with van der Waals surface area (Å²) in [7, 11) is 0.